The molecule has 0 saturated heterocycles. The Kier molecular flexibility index (Phi) is 3.76. The molecule has 1 rings (SSSR count). The minimum absolute atomic E-state index is 0.219. The lowest BCUT2D eigenvalue weighted by molar-refractivity contribution is -0.0444. The second kappa shape index (κ2) is 4.51. The molecular formula is C11H21NO3. The standard InChI is InChI=1S/C11H21NO3/c1-7-5-9(13)10(15-7)8(12)6-14-11(2,3)4/h5,8-10,13H,6,12H2,1-4H3/t8-,9+,10+/m1/s1. The minimum atomic E-state index is -0.622. The highest BCUT2D eigenvalue weighted by Crippen LogP contribution is 2.20. The van der Waals surface area contributed by atoms with Crippen LogP contribution in [0.5, 0.6) is 0 Å². The first-order valence-electron chi connectivity index (χ1n) is 5.22. The van der Waals surface area contributed by atoms with Gasteiger partial charge in [0.1, 0.15) is 12.2 Å². The van der Waals surface area contributed by atoms with Crippen molar-refractivity contribution in [2.75, 3.05) is 6.61 Å². The lowest BCUT2D eigenvalue weighted by Gasteiger charge is -2.26. The summed E-state index contributed by atoms with van der Waals surface area (Å²) in [4.78, 5) is 0. The van der Waals surface area contributed by atoms with Crippen molar-refractivity contribution < 1.29 is 14.6 Å². The Morgan fingerprint density at radius 1 is 1.60 bits per heavy atom. The Morgan fingerprint density at radius 3 is 2.60 bits per heavy atom. The number of nitrogens with two attached hydrogens (primary N) is 1. The summed E-state index contributed by atoms with van der Waals surface area (Å²) in [7, 11) is 0. The summed E-state index contributed by atoms with van der Waals surface area (Å²) in [6, 6.07) is -0.312. The maximum absolute atomic E-state index is 9.62. The monoisotopic (exact) mass is 215 g/mol. The van der Waals surface area contributed by atoms with E-state index in [9.17, 15) is 5.11 Å². The highest BCUT2D eigenvalue weighted by Gasteiger charge is 2.32. The minimum Gasteiger partial charge on any atom is -0.491 e. The van der Waals surface area contributed by atoms with Gasteiger partial charge in [-0.2, -0.15) is 0 Å². The summed E-state index contributed by atoms with van der Waals surface area (Å²) in [5.74, 6) is 0.721. The van der Waals surface area contributed by atoms with E-state index in [2.05, 4.69) is 0 Å². The average molecular weight is 215 g/mol. The van der Waals surface area contributed by atoms with Crippen LogP contribution >= 0.6 is 0 Å². The third-order valence-electron chi connectivity index (χ3n) is 2.19. The SMILES string of the molecule is CC1=C[C@H](O)[C@H]([C@H](N)COC(C)(C)C)O1. The number of hydrogen-bond donors (Lipinski definition) is 2. The third kappa shape index (κ3) is 3.81. The predicted octanol–water partition coefficient (Wildman–Crippen LogP) is 0.792. The lowest BCUT2D eigenvalue weighted by atomic mass is 10.1. The summed E-state index contributed by atoms with van der Waals surface area (Å²) in [6.07, 6.45) is 0.664. The predicted molar refractivity (Wildman–Crippen MR) is 58.3 cm³/mol. The topological polar surface area (TPSA) is 64.7 Å². The molecule has 1 aliphatic heterocycles. The molecule has 4 heteroatoms. The van der Waals surface area contributed by atoms with Gasteiger partial charge in [-0.05, 0) is 33.8 Å². The largest absolute Gasteiger partial charge is 0.491 e. The maximum atomic E-state index is 9.62. The van der Waals surface area contributed by atoms with E-state index < -0.39 is 6.10 Å². The molecule has 88 valence electrons. The van der Waals surface area contributed by atoms with Crippen molar-refractivity contribution in [3.8, 4) is 0 Å². The normalized spacial score (nSPS) is 28.5. The molecule has 3 atom stereocenters. The molecule has 0 radical (unpaired) electrons. The fourth-order valence-corrected chi connectivity index (χ4v) is 1.44. The van der Waals surface area contributed by atoms with Crippen LogP contribution in [0.3, 0.4) is 0 Å². The van der Waals surface area contributed by atoms with E-state index in [1.54, 1.807) is 13.0 Å². The number of allylic oxidation sites excluding steroid dienone is 1. The highest BCUT2D eigenvalue weighted by atomic mass is 16.5. The molecule has 4 nitrogen and oxygen atoms in total. The van der Waals surface area contributed by atoms with Gasteiger partial charge in [0, 0.05) is 0 Å². The van der Waals surface area contributed by atoms with Crippen LogP contribution in [-0.4, -0.2) is 35.6 Å². The van der Waals surface area contributed by atoms with E-state index in [0.29, 0.717) is 6.61 Å². The fourth-order valence-electron chi connectivity index (χ4n) is 1.44. The zero-order chi connectivity index (χ0) is 11.6. The number of hydrogen-bond acceptors (Lipinski definition) is 4. The Bertz CT molecular complexity index is 245. The van der Waals surface area contributed by atoms with Gasteiger partial charge in [-0.1, -0.05) is 0 Å². The Morgan fingerprint density at radius 2 is 2.20 bits per heavy atom. The van der Waals surface area contributed by atoms with Gasteiger partial charge < -0.3 is 20.3 Å². The van der Waals surface area contributed by atoms with E-state index in [4.69, 9.17) is 15.2 Å². The van der Waals surface area contributed by atoms with Gasteiger partial charge in [0.05, 0.1) is 24.0 Å². The molecule has 0 aromatic carbocycles. The molecule has 0 bridgehead atoms. The van der Waals surface area contributed by atoms with Crippen LogP contribution in [0.15, 0.2) is 11.8 Å². The molecule has 3 N–H and O–H groups in total. The van der Waals surface area contributed by atoms with Crippen LogP contribution in [0.25, 0.3) is 0 Å². The van der Waals surface area contributed by atoms with Crippen molar-refractivity contribution in [2.24, 2.45) is 5.73 Å². The molecule has 1 aliphatic rings. The van der Waals surface area contributed by atoms with E-state index >= 15 is 0 Å². The molecule has 0 fully saturated rings. The van der Waals surface area contributed by atoms with Crippen LogP contribution in [0.4, 0.5) is 0 Å². The Hall–Kier alpha value is -0.580. The second-order valence-electron chi connectivity index (χ2n) is 4.94. The van der Waals surface area contributed by atoms with Gasteiger partial charge in [-0.15, -0.1) is 0 Å². The first kappa shape index (κ1) is 12.5. The number of aliphatic hydroxyl groups is 1. The van der Waals surface area contributed by atoms with Crippen LogP contribution in [0.1, 0.15) is 27.7 Å². The summed E-state index contributed by atoms with van der Waals surface area (Å²) in [5.41, 5.74) is 5.68. The second-order valence-corrected chi connectivity index (χ2v) is 4.94. The van der Waals surface area contributed by atoms with E-state index in [1.807, 2.05) is 20.8 Å². The fraction of sp³-hybridized carbons (Fsp3) is 0.818. The lowest BCUT2D eigenvalue weighted by Crippen LogP contribution is -2.45. The van der Waals surface area contributed by atoms with Crippen molar-refractivity contribution >= 4 is 0 Å². The van der Waals surface area contributed by atoms with Crippen LogP contribution in [-0.2, 0) is 9.47 Å². The van der Waals surface area contributed by atoms with Gasteiger partial charge in [0.15, 0.2) is 0 Å². The van der Waals surface area contributed by atoms with E-state index in [1.165, 1.54) is 0 Å². The smallest absolute Gasteiger partial charge is 0.145 e. The molecule has 0 saturated carbocycles. The van der Waals surface area contributed by atoms with Crippen LogP contribution < -0.4 is 5.73 Å². The first-order chi connectivity index (χ1) is 6.79. The molecule has 0 aliphatic carbocycles. The molecular weight excluding hydrogens is 194 g/mol. The van der Waals surface area contributed by atoms with Gasteiger partial charge >= 0.3 is 0 Å². The quantitative estimate of drug-likeness (QED) is 0.730. The van der Waals surface area contributed by atoms with Crippen molar-refractivity contribution in [2.45, 2.75) is 51.5 Å². The van der Waals surface area contributed by atoms with Gasteiger partial charge in [0.25, 0.3) is 0 Å². The molecule has 0 unspecified atom stereocenters. The summed E-state index contributed by atoms with van der Waals surface area (Å²) in [6.45, 7) is 8.09. The van der Waals surface area contributed by atoms with Crippen molar-refractivity contribution in [1.82, 2.24) is 0 Å². The summed E-state index contributed by atoms with van der Waals surface area (Å²) in [5, 5.41) is 9.62. The highest BCUT2D eigenvalue weighted by molar-refractivity contribution is 5.07. The number of aliphatic hydroxyl groups excluding tert-OH is 1. The molecule has 0 spiro atoms. The Labute approximate surface area is 91.1 Å². The van der Waals surface area contributed by atoms with Crippen molar-refractivity contribution in [3.05, 3.63) is 11.8 Å². The van der Waals surface area contributed by atoms with Gasteiger partial charge in [0.2, 0.25) is 0 Å². The van der Waals surface area contributed by atoms with Crippen molar-refractivity contribution in [1.29, 1.82) is 0 Å². The number of ether oxygens (including phenoxy) is 2. The zero-order valence-electron chi connectivity index (χ0n) is 9.86. The number of rotatable bonds is 3. The molecule has 0 aromatic rings. The summed E-state index contributed by atoms with van der Waals surface area (Å²) >= 11 is 0. The zero-order valence-corrected chi connectivity index (χ0v) is 9.86. The molecule has 1 heterocycles. The average Bonchev–Trinajstić information content (AvgIpc) is 2.40. The Balaban J connectivity index is 2.39. The van der Waals surface area contributed by atoms with E-state index in [0.717, 1.165) is 5.76 Å². The van der Waals surface area contributed by atoms with Crippen molar-refractivity contribution in [3.63, 3.8) is 0 Å². The van der Waals surface area contributed by atoms with Gasteiger partial charge in [-0.3, -0.25) is 0 Å². The van der Waals surface area contributed by atoms with Crippen LogP contribution in [0, 0.1) is 0 Å². The van der Waals surface area contributed by atoms with E-state index in [-0.39, 0.29) is 17.7 Å². The molecule has 0 aromatic heterocycles. The van der Waals surface area contributed by atoms with Gasteiger partial charge in [-0.25, -0.2) is 0 Å². The third-order valence-corrected chi connectivity index (χ3v) is 2.19. The maximum Gasteiger partial charge on any atom is 0.145 e. The first-order valence-corrected chi connectivity index (χ1v) is 5.22. The molecule has 0 amide bonds. The summed E-state index contributed by atoms with van der Waals surface area (Å²) < 4.78 is 11.0. The molecule has 15 heavy (non-hydrogen) atoms. The van der Waals surface area contributed by atoms with Crippen LogP contribution in [0.2, 0.25) is 0 Å².